The Labute approximate surface area is 68.0 Å². The molecule has 0 aromatic rings. The van der Waals surface area contributed by atoms with E-state index in [1.807, 2.05) is 6.92 Å². The van der Waals surface area contributed by atoms with Gasteiger partial charge in [0.05, 0.1) is 6.04 Å². The average molecular weight is 158 g/mol. The van der Waals surface area contributed by atoms with Gasteiger partial charge in [-0.05, 0) is 12.8 Å². The summed E-state index contributed by atoms with van der Waals surface area (Å²) in [6.45, 7) is 6.29. The van der Waals surface area contributed by atoms with Crippen molar-refractivity contribution in [1.29, 1.82) is 0 Å². The highest BCUT2D eigenvalue weighted by molar-refractivity contribution is 5.77. The maximum absolute atomic E-state index is 5.38. The van der Waals surface area contributed by atoms with Gasteiger partial charge >= 0.3 is 0 Å². The number of hydrogen-bond acceptors (Lipinski definition) is 2. The number of aliphatic imine (C=N–C) groups is 1. The van der Waals surface area contributed by atoms with Crippen molar-refractivity contribution >= 4 is 5.96 Å². The van der Waals surface area contributed by atoms with Crippen molar-refractivity contribution in [3.8, 4) is 0 Å². The van der Waals surface area contributed by atoms with Crippen molar-refractivity contribution in [3.05, 3.63) is 0 Å². The molecule has 0 rings (SSSR count). The van der Waals surface area contributed by atoms with E-state index in [1.165, 1.54) is 0 Å². The standard InChI is InChI=1S/C7H18N4/c1-4-5(2)6(3)10-7(8)11-9/h5-6H,4,9H2,1-3H3,(H3,8,10,11). The van der Waals surface area contributed by atoms with Crippen molar-refractivity contribution < 1.29 is 0 Å². The normalized spacial score (nSPS) is 17.6. The maximum atomic E-state index is 5.38. The highest BCUT2D eigenvalue weighted by atomic mass is 15.3. The van der Waals surface area contributed by atoms with Gasteiger partial charge in [-0.15, -0.1) is 0 Å². The molecule has 0 saturated carbocycles. The molecular weight excluding hydrogens is 140 g/mol. The molecular formula is C7H18N4. The fourth-order valence-electron chi connectivity index (χ4n) is 0.725. The van der Waals surface area contributed by atoms with Crippen LogP contribution in [0.4, 0.5) is 0 Å². The van der Waals surface area contributed by atoms with Crippen molar-refractivity contribution in [2.24, 2.45) is 22.5 Å². The molecule has 0 aliphatic heterocycles. The monoisotopic (exact) mass is 158 g/mol. The van der Waals surface area contributed by atoms with Crippen LogP contribution in [0, 0.1) is 5.92 Å². The minimum absolute atomic E-state index is 0.232. The highest BCUT2D eigenvalue weighted by Crippen LogP contribution is 2.09. The molecule has 0 saturated heterocycles. The first-order chi connectivity index (χ1) is 5.11. The van der Waals surface area contributed by atoms with Gasteiger partial charge < -0.3 is 5.73 Å². The van der Waals surface area contributed by atoms with Crippen LogP contribution in [-0.2, 0) is 0 Å². The second kappa shape index (κ2) is 4.96. The van der Waals surface area contributed by atoms with Gasteiger partial charge in [0.1, 0.15) is 0 Å². The first-order valence-electron chi connectivity index (χ1n) is 3.91. The second-order valence-electron chi connectivity index (χ2n) is 2.78. The van der Waals surface area contributed by atoms with E-state index >= 15 is 0 Å². The first-order valence-corrected chi connectivity index (χ1v) is 3.91. The molecule has 0 spiro atoms. The Bertz CT molecular complexity index is 132. The number of rotatable bonds is 3. The molecule has 0 aliphatic carbocycles. The Morgan fingerprint density at radius 1 is 1.55 bits per heavy atom. The number of nitrogens with zero attached hydrogens (tertiary/aromatic N) is 1. The molecule has 0 amide bonds. The minimum atomic E-state index is 0.232. The van der Waals surface area contributed by atoms with E-state index in [0.29, 0.717) is 11.9 Å². The predicted molar refractivity (Wildman–Crippen MR) is 47.9 cm³/mol. The molecule has 2 unspecified atom stereocenters. The molecule has 0 fully saturated rings. The van der Waals surface area contributed by atoms with E-state index < -0.39 is 0 Å². The van der Waals surface area contributed by atoms with Crippen LogP contribution in [0.2, 0.25) is 0 Å². The first kappa shape index (κ1) is 10.2. The minimum Gasteiger partial charge on any atom is -0.369 e. The van der Waals surface area contributed by atoms with Crippen LogP contribution in [0.1, 0.15) is 27.2 Å². The Morgan fingerprint density at radius 2 is 2.09 bits per heavy atom. The molecule has 0 heterocycles. The molecule has 4 nitrogen and oxygen atoms in total. The third-order valence-electron chi connectivity index (χ3n) is 1.96. The summed E-state index contributed by atoms with van der Waals surface area (Å²) < 4.78 is 0. The molecule has 11 heavy (non-hydrogen) atoms. The molecule has 4 heteroatoms. The second-order valence-corrected chi connectivity index (χ2v) is 2.78. The van der Waals surface area contributed by atoms with Crippen LogP contribution < -0.4 is 17.0 Å². The SMILES string of the molecule is CCC(C)C(C)N=C(N)NN. The fourth-order valence-corrected chi connectivity index (χ4v) is 0.725. The average Bonchev–Trinajstić information content (AvgIpc) is 2.02. The van der Waals surface area contributed by atoms with Gasteiger partial charge in [0.2, 0.25) is 5.96 Å². The van der Waals surface area contributed by atoms with Gasteiger partial charge in [-0.2, -0.15) is 0 Å². The van der Waals surface area contributed by atoms with Crippen molar-refractivity contribution in [3.63, 3.8) is 0 Å². The lowest BCUT2D eigenvalue weighted by Gasteiger charge is -2.13. The molecule has 5 N–H and O–H groups in total. The summed E-state index contributed by atoms with van der Waals surface area (Å²) in [5, 5.41) is 0. The number of hydrazine groups is 1. The third-order valence-corrected chi connectivity index (χ3v) is 1.96. The number of nitrogens with two attached hydrogens (primary N) is 2. The molecule has 0 aromatic carbocycles. The van der Waals surface area contributed by atoms with Gasteiger partial charge in [0.15, 0.2) is 0 Å². The zero-order chi connectivity index (χ0) is 8.85. The van der Waals surface area contributed by atoms with Crippen molar-refractivity contribution in [2.45, 2.75) is 33.2 Å². The fraction of sp³-hybridized carbons (Fsp3) is 0.857. The maximum Gasteiger partial charge on any atom is 0.203 e. The Balaban J connectivity index is 3.93. The van der Waals surface area contributed by atoms with Crippen LogP contribution in [0.3, 0.4) is 0 Å². The Hall–Kier alpha value is -0.770. The predicted octanol–water partition coefficient (Wildman–Crippen LogP) is 0.199. The summed E-state index contributed by atoms with van der Waals surface area (Å²) in [5.74, 6) is 5.90. The smallest absolute Gasteiger partial charge is 0.203 e. The molecule has 2 atom stereocenters. The molecule has 0 bridgehead atoms. The Morgan fingerprint density at radius 3 is 2.45 bits per heavy atom. The summed E-state index contributed by atoms with van der Waals surface area (Å²) in [7, 11) is 0. The van der Waals surface area contributed by atoms with E-state index in [1.54, 1.807) is 0 Å². The molecule has 66 valence electrons. The summed E-state index contributed by atoms with van der Waals surface area (Å²) >= 11 is 0. The van der Waals surface area contributed by atoms with Crippen molar-refractivity contribution in [1.82, 2.24) is 5.43 Å². The molecule has 0 aliphatic rings. The van der Waals surface area contributed by atoms with Crippen molar-refractivity contribution in [2.75, 3.05) is 0 Å². The number of nitrogens with one attached hydrogen (secondary N) is 1. The van der Waals surface area contributed by atoms with Gasteiger partial charge in [-0.25, -0.2) is 10.8 Å². The van der Waals surface area contributed by atoms with Crippen LogP contribution >= 0.6 is 0 Å². The van der Waals surface area contributed by atoms with E-state index in [9.17, 15) is 0 Å². The quantitative estimate of drug-likeness (QED) is 0.238. The van der Waals surface area contributed by atoms with Crippen LogP contribution in [0.15, 0.2) is 4.99 Å². The van der Waals surface area contributed by atoms with E-state index in [0.717, 1.165) is 6.42 Å². The summed E-state index contributed by atoms with van der Waals surface area (Å²) in [6.07, 6.45) is 1.10. The van der Waals surface area contributed by atoms with E-state index in [2.05, 4.69) is 24.3 Å². The Kier molecular flexibility index (Phi) is 4.61. The zero-order valence-corrected chi connectivity index (χ0v) is 7.46. The number of guanidine groups is 1. The van der Waals surface area contributed by atoms with E-state index in [-0.39, 0.29) is 6.04 Å². The largest absolute Gasteiger partial charge is 0.369 e. The topological polar surface area (TPSA) is 76.4 Å². The van der Waals surface area contributed by atoms with Crippen LogP contribution in [-0.4, -0.2) is 12.0 Å². The lowest BCUT2D eigenvalue weighted by Crippen LogP contribution is -2.38. The lowest BCUT2D eigenvalue weighted by molar-refractivity contribution is 0.470. The van der Waals surface area contributed by atoms with Gasteiger partial charge in [-0.3, -0.25) is 5.43 Å². The zero-order valence-electron chi connectivity index (χ0n) is 7.46. The summed E-state index contributed by atoms with van der Waals surface area (Å²) in [4.78, 5) is 4.12. The van der Waals surface area contributed by atoms with E-state index in [4.69, 9.17) is 11.6 Å². The lowest BCUT2D eigenvalue weighted by atomic mass is 10.0. The molecule has 0 radical (unpaired) electrons. The van der Waals surface area contributed by atoms with Crippen LogP contribution in [0.5, 0.6) is 0 Å². The number of hydrogen-bond donors (Lipinski definition) is 3. The van der Waals surface area contributed by atoms with Gasteiger partial charge in [0.25, 0.3) is 0 Å². The molecule has 0 aromatic heterocycles. The third kappa shape index (κ3) is 3.83. The van der Waals surface area contributed by atoms with Gasteiger partial charge in [0, 0.05) is 0 Å². The van der Waals surface area contributed by atoms with Crippen LogP contribution in [0.25, 0.3) is 0 Å². The summed E-state index contributed by atoms with van der Waals surface area (Å²) in [6, 6.07) is 0.232. The highest BCUT2D eigenvalue weighted by Gasteiger charge is 2.07. The van der Waals surface area contributed by atoms with Gasteiger partial charge in [-0.1, -0.05) is 20.3 Å². The summed E-state index contributed by atoms with van der Waals surface area (Å²) in [5.41, 5.74) is 7.68.